The topological polar surface area (TPSA) is 83.6 Å². The van der Waals surface area contributed by atoms with Gasteiger partial charge in [-0.3, -0.25) is 9.03 Å². The Hall–Kier alpha value is -2.06. The maximum absolute atomic E-state index is 12.9. The van der Waals surface area contributed by atoms with Crippen LogP contribution in [0.3, 0.4) is 0 Å². The van der Waals surface area contributed by atoms with Crippen LogP contribution in [-0.2, 0) is 20.0 Å². The van der Waals surface area contributed by atoms with Gasteiger partial charge in [-0.15, -0.1) is 0 Å². The summed E-state index contributed by atoms with van der Waals surface area (Å²) in [6.07, 6.45) is 0.569. The first-order chi connectivity index (χ1) is 12.1. The second-order valence-corrected chi connectivity index (χ2v) is 10.3. The van der Waals surface area contributed by atoms with E-state index in [2.05, 4.69) is 4.72 Å². The zero-order valence-electron chi connectivity index (χ0n) is 15.0. The number of sulfonamides is 2. The third-order valence-corrected chi connectivity index (χ3v) is 7.91. The predicted molar refractivity (Wildman–Crippen MR) is 104 cm³/mol. The van der Waals surface area contributed by atoms with E-state index in [0.717, 1.165) is 5.56 Å². The molecule has 0 bridgehead atoms. The van der Waals surface area contributed by atoms with Gasteiger partial charge in [0.15, 0.2) is 0 Å². The molecule has 1 aliphatic heterocycles. The molecule has 0 amide bonds. The zero-order valence-corrected chi connectivity index (χ0v) is 16.6. The summed E-state index contributed by atoms with van der Waals surface area (Å²) in [6, 6.07) is 10.1. The van der Waals surface area contributed by atoms with Crippen molar-refractivity contribution in [3.8, 4) is 0 Å². The van der Waals surface area contributed by atoms with E-state index in [1.165, 1.54) is 4.31 Å². The predicted octanol–water partition coefficient (Wildman–Crippen LogP) is 2.95. The molecule has 2 aromatic rings. The summed E-state index contributed by atoms with van der Waals surface area (Å²) in [7, 11) is -7.09. The lowest BCUT2D eigenvalue weighted by Crippen LogP contribution is -2.25. The van der Waals surface area contributed by atoms with Crippen molar-refractivity contribution in [3.05, 3.63) is 53.1 Å². The number of hydrogen-bond donors (Lipinski definition) is 1. The van der Waals surface area contributed by atoms with Crippen LogP contribution >= 0.6 is 0 Å². The van der Waals surface area contributed by atoms with E-state index >= 15 is 0 Å². The second-order valence-electron chi connectivity index (χ2n) is 6.63. The fourth-order valence-corrected chi connectivity index (χ4v) is 6.51. The number of nitrogens with zero attached hydrogens (tertiary/aromatic N) is 1. The molecule has 1 heterocycles. The summed E-state index contributed by atoms with van der Waals surface area (Å²) in [6.45, 7) is 5.86. The van der Waals surface area contributed by atoms with Gasteiger partial charge < -0.3 is 0 Å². The quantitative estimate of drug-likeness (QED) is 0.864. The van der Waals surface area contributed by atoms with Crippen LogP contribution in [-0.4, -0.2) is 29.1 Å². The number of aryl methyl sites for hydroxylation is 3. The largest absolute Gasteiger partial charge is 0.280 e. The van der Waals surface area contributed by atoms with Crippen LogP contribution < -0.4 is 9.03 Å². The number of rotatable bonds is 4. The maximum Gasteiger partial charge on any atom is 0.262 e. The summed E-state index contributed by atoms with van der Waals surface area (Å²) < 4.78 is 53.8. The fourth-order valence-electron chi connectivity index (χ4n) is 3.45. The normalized spacial score (nSPS) is 16.7. The Morgan fingerprint density at radius 2 is 1.69 bits per heavy atom. The van der Waals surface area contributed by atoms with Gasteiger partial charge in [0, 0.05) is 6.54 Å². The molecule has 1 saturated heterocycles. The fraction of sp³-hybridized carbons (Fsp3) is 0.333. The van der Waals surface area contributed by atoms with E-state index in [9.17, 15) is 16.8 Å². The van der Waals surface area contributed by atoms with Gasteiger partial charge in [0.1, 0.15) is 0 Å². The van der Waals surface area contributed by atoms with Crippen LogP contribution in [0.25, 0.3) is 0 Å². The Morgan fingerprint density at radius 1 is 1.04 bits per heavy atom. The molecule has 8 heteroatoms. The van der Waals surface area contributed by atoms with Crippen molar-refractivity contribution in [2.24, 2.45) is 0 Å². The van der Waals surface area contributed by atoms with Crippen LogP contribution in [0, 0.1) is 20.8 Å². The standard InChI is InChI=1S/C18H22N2O4S2/c1-13-10-14(2)18(15(3)11-13)26(23,24)19-16-6-4-7-17(12-16)20-8-5-9-25(20,21)22/h4,6-7,10-12,19H,5,8-9H2,1-3H3. The molecule has 0 radical (unpaired) electrons. The lowest BCUT2D eigenvalue weighted by Gasteiger charge is -2.18. The van der Waals surface area contributed by atoms with Gasteiger partial charge in [0.2, 0.25) is 10.0 Å². The van der Waals surface area contributed by atoms with Gasteiger partial charge in [-0.2, -0.15) is 0 Å². The molecule has 0 atom stereocenters. The first kappa shape index (κ1) is 18.7. The molecule has 0 spiro atoms. The Labute approximate surface area is 155 Å². The lowest BCUT2D eigenvalue weighted by molar-refractivity contribution is 0.598. The van der Waals surface area contributed by atoms with Crippen LogP contribution in [0.4, 0.5) is 11.4 Å². The van der Waals surface area contributed by atoms with E-state index in [-0.39, 0.29) is 10.6 Å². The van der Waals surface area contributed by atoms with E-state index in [0.29, 0.717) is 35.5 Å². The van der Waals surface area contributed by atoms with Gasteiger partial charge >= 0.3 is 0 Å². The highest BCUT2D eigenvalue weighted by atomic mass is 32.2. The minimum Gasteiger partial charge on any atom is -0.280 e. The molecule has 0 aromatic heterocycles. The smallest absolute Gasteiger partial charge is 0.262 e. The van der Waals surface area contributed by atoms with E-state index < -0.39 is 20.0 Å². The van der Waals surface area contributed by atoms with Crippen molar-refractivity contribution in [3.63, 3.8) is 0 Å². The van der Waals surface area contributed by atoms with E-state index in [1.807, 2.05) is 19.1 Å². The molecule has 3 rings (SSSR count). The van der Waals surface area contributed by atoms with Crippen molar-refractivity contribution < 1.29 is 16.8 Å². The summed E-state index contributed by atoms with van der Waals surface area (Å²) >= 11 is 0. The van der Waals surface area contributed by atoms with Crippen molar-refractivity contribution >= 4 is 31.4 Å². The first-order valence-electron chi connectivity index (χ1n) is 8.31. The van der Waals surface area contributed by atoms with Crippen molar-refractivity contribution in [2.45, 2.75) is 32.1 Å². The highest BCUT2D eigenvalue weighted by Gasteiger charge is 2.28. The monoisotopic (exact) mass is 394 g/mol. The van der Waals surface area contributed by atoms with Gasteiger partial charge in [-0.05, 0) is 56.5 Å². The molecule has 0 aliphatic carbocycles. The number of benzene rings is 2. The number of anilines is 2. The minimum absolute atomic E-state index is 0.116. The Balaban J connectivity index is 1.96. The zero-order chi connectivity index (χ0) is 19.1. The molecule has 6 nitrogen and oxygen atoms in total. The van der Waals surface area contributed by atoms with E-state index in [1.54, 1.807) is 38.1 Å². The number of hydrogen-bond acceptors (Lipinski definition) is 4. The molecular weight excluding hydrogens is 372 g/mol. The average molecular weight is 395 g/mol. The highest BCUT2D eigenvalue weighted by Crippen LogP contribution is 2.29. The molecule has 1 N–H and O–H groups in total. The highest BCUT2D eigenvalue weighted by molar-refractivity contribution is 7.93. The third kappa shape index (κ3) is 3.57. The van der Waals surface area contributed by atoms with Crippen molar-refractivity contribution in [1.29, 1.82) is 0 Å². The van der Waals surface area contributed by atoms with Crippen molar-refractivity contribution in [2.75, 3.05) is 21.3 Å². The van der Waals surface area contributed by atoms with Crippen molar-refractivity contribution in [1.82, 2.24) is 0 Å². The third-order valence-electron chi connectivity index (χ3n) is 4.36. The Morgan fingerprint density at radius 3 is 2.27 bits per heavy atom. The van der Waals surface area contributed by atoms with Crippen LogP contribution in [0.1, 0.15) is 23.1 Å². The SMILES string of the molecule is Cc1cc(C)c(S(=O)(=O)Nc2cccc(N3CCCS3(=O)=O)c2)c(C)c1. The molecule has 0 saturated carbocycles. The molecule has 26 heavy (non-hydrogen) atoms. The van der Waals surface area contributed by atoms with Crippen LogP contribution in [0.5, 0.6) is 0 Å². The average Bonchev–Trinajstić information content (AvgIpc) is 2.84. The van der Waals surface area contributed by atoms with Gasteiger partial charge in [-0.25, -0.2) is 16.8 Å². The Bertz CT molecular complexity index is 1040. The molecule has 1 aliphatic rings. The van der Waals surface area contributed by atoms with Gasteiger partial charge in [-0.1, -0.05) is 23.8 Å². The number of nitrogens with one attached hydrogen (secondary N) is 1. The molecular formula is C18H22N2O4S2. The molecule has 1 fully saturated rings. The van der Waals surface area contributed by atoms with Crippen LogP contribution in [0.15, 0.2) is 41.3 Å². The Kier molecular flexibility index (Phi) is 4.74. The minimum atomic E-state index is -3.78. The van der Waals surface area contributed by atoms with Gasteiger partial charge in [0.05, 0.1) is 22.0 Å². The first-order valence-corrected chi connectivity index (χ1v) is 11.4. The van der Waals surface area contributed by atoms with E-state index in [4.69, 9.17) is 0 Å². The lowest BCUT2D eigenvalue weighted by atomic mass is 10.1. The summed E-state index contributed by atoms with van der Waals surface area (Å²) in [4.78, 5) is 0.252. The maximum atomic E-state index is 12.9. The van der Waals surface area contributed by atoms with Crippen LogP contribution in [0.2, 0.25) is 0 Å². The summed E-state index contributed by atoms with van der Waals surface area (Å²) in [5.41, 5.74) is 3.16. The summed E-state index contributed by atoms with van der Waals surface area (Å²) in [5.74, 6) is 0.116. The second kappa shape index (κ2) is 6.59. The molecule has 140 valence electrons. The van der Waals surface area contributed by atoms with Gasteiger partial charge in [0.25, 0.3) is 10.0 Å². The summed E-state index contributed by atoms with van der Waals surface area (Å²) in [5, 5.41) is 0. The molecule has 0 unspecified atom stereocenters. The molecule has 2 aromatic carbocycles.